The fourth-order valence-corrected chi connectivity index (χ4v) is 4.13. The Morgan fingerprint density at radius 1 is 1.03 bits per heavy atom. The Balaban J connectivity index is 1.75. The van der Waals surface area contributed by atoms with Crippen molar-refractivity contribution in [3.63, 3.8) is 0 Å². The predicted molar refractivity (Wildman–Crippen MR) is 141 cm³/mol. The van der Waals surface area contributed by atoms with Crippen LogP contribution in [0.4, 0.5) is 0 Å². The first-order chi connectivity index (χ1) is 16.7. The Hall–Kier alpha value is -3.61. The van der Waals surface area contributed by atoms with Gasteiger partial charge in [-0.05, 0) is 57.2 Å². The highest BCUT2D eigenvalue weighted by atomic mass is 35.5. The van der Waals surface area contributed by atoms with E-state index in [1.807, 2.05) is 62.4 Å². The van der Waals surface area contributed by atoms with Crippen molar-refractivity contribution in [2.24, 2.45) is 5.10 Å². The molecule has 0 radical (unpaired) electrons. The highest BCUT2D eigenvalue weighted by Gasteiger charge is 2.17. The van der Waals surface area contributed by atoms with E-state index in [1.165, 1.54) is 12.1 Å². The lowest BCUT2D eigenvalue weighted by Gasteiger charge is -2.15. The molecule has 0 atom stereocenters. The molecule has 0 fully saturated rings. The summed E-state index contributed by atoms with van der Waals surface area (Å²) in [7, 11) is 0. The molecule has 8 heteroatoms. The molecule has 0 aliphatic carbocycles. The highest BCUT2D eigenvalue weighted by molar-refractivity contribution is 6.36. The molecule has 0 unspecified atom stereocenters. The maximum atomic E-state index is 13.3. The number of phenols is 1. The van der Waals surface area contributed by atoms with Gasteiger partial charge in [-0.2, -0.15) is 5.10 Å². The van der Waals surface area contributed by atoms with Crippen LogP contribution in [0.3, 0.4) is 0 Å². The third-order valence-corrected chi connectivity index (χ3v) is 5.74. The van der Waals surface area contributed by atoms with E-state index in [0.29, 0.717) is 44.2 Å². The van der Waals surface area contributed by atoms with E-state index in [4.69, 9.17) is 32.9 Å². The fourth-order valence-electron chi connectivity index (χ4n) is 3.63. The Morgan fingerprint density at radius 3 is 2.51 bits per heavy atom. The smallest absolute Gasteiger partial charge is 0.272 e. The summed E-state index contributed by atoms with van der Waals surface area (Å²) >= 11 is 12.1. The van der Waals surface area contributed by atoms with Crippen molar-refractivity contribution < 1.29 is 14.6 Å². The standard InChI is InChI=1S/C27H23Cl2N3O3/c1-15(2)35-25-11-7-5-9-19(25)24-14-21(18-8-4-6-10-23(18)30-24)27(34)32-31-16(3)20-12-17(28)13-22(29)26(20)33/h4-15,33H,1-3H3,(H,32,34)/b31-16+. The lowest BCUT2D eigenvalue weighted by atomic mass is 10.0. The number of amides is 1. The average molecular weight is 508 g/mol. The minimum absolute atomic E-state index is 0.0203. The Bertz CT molecular complexity index is 1450. The van der Waals surface area contributed by atoms with Gasteiger partial charge in [0.05, 0.1) is 33.6 Å². The van der Waals surface area contributed by atoms with E-state index in [9.17, 15) is 9.90 Å². The van der Waals surface area contributed by atoms with Crippen LogP contribution in [0.2, 0.25) is 10.0 Å². The molecule has 1 amide bonds. The van der Waals surface area contributed by atoms with E-state index in [1.54, 1.807) is 13.0 Å². The monoisotopic (exact) mass is 507 g/mol. The number of phenolic OH excluding ortho intramolecular Hbond substituents is 1. The number of carbonyl (C=O) groups excluding carboxylic acids is 1. The molecule has 4 aromatic rings. The number of fused-ring (bicyclic) bond motifs is 1. The van der Waals surface area contributed by atoms with Crippen LogP contribution in [0, 0.1) is 0 Å². The second kappa shape index (κ2) is 10.3. The number of ether oxygens (including phenoxy) is 1. The molecule has 4 rings (SSSR count). The van der Waals surface area contributed by atoms with E-state index in [2.05, 4.69) is 10.5 Å². The third kappa shape index (κ3) is 5.39. The molecule has 0 aliphatic rings. The largest absolute Gasteiger partial charge is 0.506 e. The number of para-hydroxylation sites is 2. The lowest BCUT2D eigenvalue weighted by molar-refractivity contribution is 0.0956. The molecular formula is C27H23Cl2N3O3. The van der Waals surface area contributed by atoms with Gasteiger partial charge >= 0.3 is 0 Å². The second-order valence-electron chi connectivity index (χ2n) is 8.16. The predicted octanol–water partition coefficient (Wildman–Crippen LogP) is 6.86. The van der Waals surface area contributed by atoms with Gasteiger partial charge in [0.25, 0.3) is 5.91 Å². The first-order valence-electron chi connectivity index (χ1n) is 10.9. The zero-order chi connectivity index (χ0) is 25.1. The number of benzene rings is 3. The van der Waals surface area contributed by atoms with Crippen molar-refractivity contribution in [3.8, 4) is 22.8 Å². The SMILES string of the molecule is C/C(=N\NC(=O)c1cc(-c2ccccc2OC(C)C)nc2ccccc12)c1cc(Cl)cc(Cl)c1O. The number of aromatic hydroxyl groups is 1. The van der Waals surface area contributed by atoms with E-state index in [-0.39, 0.29) is 16.9 Å². The van der Waals surface area contributed by atoms with Crippen molar-refractivity contribution in [2.75, 3.05) is 0 Å². The number of pyridine rings is 1. The molecule has 0 saturated carbocycles. The van der Waals surface area contributed by atoms with Gasteiger partial charge in [-0.15, -0.1) is 0 Å². The molecule has 0 aliphatic heterocycles. The number of aromatic nitrogens is 1. The number of nitrogens with zero attached hydrogens (tertiary/aromatic N) is 2. The van der Waals surface area contributed by atoms with Crippen LogP contribution in [0.25, 0.3) is 22.2 Å². The van der Waals surface area contributed by atoms with Crippen LogP contribution in [-0.4, -0.2) is 27.8 Å². The summed E-state index contributed by atoms with van der Waals surface area (Å²) in [4.78, 5) is 18.0. The second-order valence-corrected chi connectivity index (χ2v) is 9.00. The van der Waals surface area contributed by atoms with Gasteiger partial charge in [-0.25, -0.2) is 10.4 Å². The summed E-state index contributed by atoms with van der Waals surface area (Å²) in [6.07, 6.45) is -0.0203. The van der Waals surface area contributed by atoms with Crippen molar-refractivity contribution in [1.82, 2.24) is 10.4 Å². The first-order valence-corrected chi connectivity index (χ1v) is 11.7. The minimum Gasteiger partial charge on any atom is -0.506 e. The molecule has 1 aromatic heterocycles. The number of carbonyl (C=O) groups is 1. The Labute approximate surface area is 213 Å². The zero-order valence-electron chi connectivity index (χ0n) is 19.3. The normalized spacial score (nSPS) is 11.7. The summed E-state index contributed by atoms with van der Waals surface area (Å²) in [5.74, 6) is 0.0860. The van der Waals surface area contributed by atoms with Crippen molar-refractivity contribution >= 4 is 45.7 Å². The lowest BCUT2D eigenvalue weighted by Crippen LogP contribution is -2.20. The van der Waals surface area contributed by atoms with E-state index in [0.717, 1.165) is 5.56 Å². The van der Waals surface area contributed by atoms with Gasteiger partial charge in [0.15, 0.2) is 0 Å². The summed E-state index contributed by atoms with van der Waals surface area (Å²) < 4.78 is 5.96. The van der Waals surface area contributed by atoms with Gasteiger partial charge in [0.1, 0.15) is 11.5 Å². The molecule has 0 saturated heterocycles. The van der Waals surface area contributed by atoms with Crippen LogP contribution < -0.4 is 10.2 Å². The fraction of sp³-hybridized carbons (Fsp3) is 0.148. The number of rotatable bonds is 6. The summed E-state index contributed by atoms with van der Waals surface area (Å²) in [6, 6.07) is 19.6. The van der Waals surface area contributed by atoms with Crippen molar-refractivity contribution in [2.45, 2.75) is 26.9 Å². The summed E-state index contributed by atoms with van der Waals surface area (Å²) in [5, 5.41) is 15.6. The van der Waals surface area contributed by atoms with E-state index < -0.39 is 5.91 Å². The van der Waals surface area contributed by atoms with Crippen LogP contribution >= 0.6 is 23.2 Å². The number of hydrazone groups is 1. The van der Waals surface area contributed by atoms with E-state index >= 15 is 0 Å². The van der Waals surface area contributed by atoms with Gasteiger partial charge in [-0.1, -0.05) is 53.5 Å². The van der Waals surface area contributed by atoms with Gasteiger partial charge in [-0.3, -0.25) is 4.79 Å². The number of hydrogen-bond acceptors (Lipinski definition) is 5. The Morgan fingerprint density at radius 2 is 1.74 bits per heavy atom. The number of hydrogen-bond donors (Lipinski definition) is 2. The van der Waals surface area contributed by atoms with Crippen LogP contribution in [0.15, 0.2) is 71.8 Å². The number of nitrogens with one attached hydrogen (secondary N) is 1. The van der Waals surface area contributed by atoms with Crippen LogP contribution in [-0.2, 0) is 0 Å². The van der Waals surface area contributed by atoms with Crippen LogP contribution in [0.1, 0.15) is 36.7 Å². The first kappa shape index (κ1) is 24.5. The Kier molecular flexibility index (Phi) is 7.24. The maximum Gasteiger partial charge on any atom is 0.272 e. The summed E-state index contributed by atoms with van der Waals surface area (Å²) in [6.45, 7) is 5.54. The number of halogens is 2. The molecule has 0 bridgehead atoms. The molecule has 2 N–H and O–H groups in total. The molecular weight excluding hydrogens is 485 g/mol. The molecule has 178 valence electrons. The molecule has 35 heavy (non-hydrogen) atoms. The van der Waals surface area contributed by atoms with Gasteiger partial charge in [0.2, 0.25) is 0 Å². The van der Waals surface area contributed by atoms with Crippen molar-refractivity contribution in [3.05, 3.63) is 87.9 Å². The summed E-state index contributed by atoms with van der Waals surface area (Å²) in [5.41, 5.74) is 5.68. The molecule has 3 aromatic carbocycles. The van der Waals surface area contributed by atoms with Gasteiger partial charge in [0, 0.05) is 21.5 Å². The molecule has 1 heterocycles. The van der Waals surface area contributed by atoms with Crippen LogP contribution in [0.5, 0.6) is 11.5 Å². The zero-order valence-corrected chi connectivity index (χ0v) is 20.9. The topological polar surface area (TPSA) is 83.8 Å². The van der Waals surface area contributed by atoms with Gasteiger partial charge < -0.3 is 9.84 Å². The third-order valence-electron chi connectivity index (χ3n) is 5.23. The van der Waals surface area contributed by atoms with Crippen molar-refractivity contribution in [1.29, 1.82) is 0 Å². The average Bonchev–Trinajstić information content (AvgIpc) is 2.83. The molecule has 0 spiro atoms. The quantitative estimate of drug-likeness (QED) is 0.220. The minimum atomic E-state index is -0.431. The highest BCUT2D eigenvalue weighted by Crippen LogP contribution is 2.33. The maximum absolute atomic E-state index is 13.3. The molecule has 6 nitrogen and oxygen atoms in total.